The molecule has 1 amide bonds. The number of amides is 1. The number of ether oxygens (including phenoxy) is 2. The number of carbonyl (C=O) groups is 2. The van der Waals surface area contributed by atoms with Gasteiger partial charge in [0.05, 0.1) is 19.9 Å². The minimum atomic E-state index is -0.484. The maximum absolute atomic E-state index is 12.4. The number of hydrogen-bond acceptors (Lipinski definition) is 6. The average molecular weight is 397 g/mol. The fraction of sp³-hybridized carbons (Fsp3) is 0.238. The summed E-state index contributed by atoms with van der Waals surface area (Å²) in [6.07, 6.45) is 3.30. The van der Waals surface area contributed by atoms with E-state index in [2.05, 4.69) is 5.32 Å². The van der Waals surface area contributed by atoms with Crippen molar-refractivity contribution in [2.24, 2.45) is 0 Å². The third-order valence-electron chi connectivity index (χ3n) is 4.61. The largest absolute Gasteiger partial charge is 0.497 e. The third kappa shape index (κ3) is 3.80. The second-order valence-corrected chi connectivity index (χ2v) is 7.47. The molecule has 0 unspecified atom stereocenters. The first-order chi connectivity index (χ1) is 13.6. The first-order valence-corrected chi connectivity index (χ1v) is 9.72. The van der Waals surface area contributed by atoms with E-state index in [4.69, 9.17) is 13.9 Å². The molecule has 4 rings (SSSR count). The number of aryl methyl sites for hydroxylation is 2. The molecule has 0 fully saturated rings. The quantitative estimate of drug-likeness (QED) is 0.643. The lowest BCUT2D eigenvalue weighted by Gasteiger charge is -2.16. The minimum absolute atomic E-state index is 0.261. The van der Waals surface area contributed by atoms with Gasteiger partial charge in [-0.3, -0.25) is 4.79 Å². The minimum Gasteiger partial charge on any atom is -0.497 e. The van der Waals surface area contributed by atoms with Crippen LogP contribution < -0.4 is 10.1 Å². The van der Waals surface area contributed by atoms with Crippen LogP contribution in [0.15, 0.2) is 47.1 Å². The molecule has 6 nitrogen and oxygen atoms in total. The van der Waals surface area contributed by atoms with Gasteiger partial charge in [-0.25, -0.2) is 4.79 Å². The molecule has 1 aliphatic carbocycles. The molecule has 1 aliphatic rings. The van der Waals surface area contributed by atoms with Crippen LogP contribution in [-0.4, -0.2) is 25.6 Å². The van der Waals surface area contributed by atoms with Crippen molar-refractivity contribution < 1.29 is 23.5 Å². The molecular weight excluding hydrogens is 378 g/mol. The van der Waals surface area contributed by atoms with Gasteiger partial charge in [-0.2, -0.15) is 0 Å². The molecule has 2 heterocycles. The van der Waals surface area contributed by atoms with Gasteiger partial charge in [-0.1, -0.05) is 0 Å². The van der Waals surface area contributed by atoms with Crippen molar-refractivity contribution in [3.8, 4) is 16.2 Å². The highest BCUT2D eigenvalue weighted by Crippen LogP contribution is 2.40. The zero-order valence-corrected chi connectivity index (χ0v) is 16.1. The number of carbonyl (C=O) groups excluding carboxylic acids is 2. The lowest BCUT2D eigenvalue weighted by Crippen LogP contribution is -2.28. The Hall–Kier alpha value is -3.06. The van der Waals surface area contributed by atoms with Crippen molar-refractivity contribution in [3.63, 3.8) is 0 Å². The normalized spacial score (nSPS) is 12.0. The summed E-state index contributed by atoms with van der Waals surface area (Å²) in [4.78, 5) is 25.8. The van der Waals surface area contributed by atoms with Gasteiger partial charge < -0.3 is 19.2 Å². The van der Waals surface area contributed by atoms with Crippen LogP contribution >= 0.6 is 11.3 Å². The Kier molecular flexibility index (Phi) is 5.16. The van der Waals surface area contributed by atoms with Gasteiger partial charge >= 0.3 is 5.97 Å². The molecule has 3 aromatic rings. The molecule has 0 aliphatic heterocycles. The Bertz CT molecular complexity index is 1010. The summed E-state index contributed by atoms with van der Waals surface area (Å²) in [6, 6.07) is 11.4. The van der Waals surface area contributed by atoms with Gasteiger partial charge in [0.1, 0.15) is 16.4 Å². The summed E-state index contributed by atoms with van der Waals surface area (Å²) in [7, 11) is 1.65. The number of fused-ring (bicyclic) bond motifs is 3. The predicted molar refractivity (Wildman–Crippen MR) is 105 cm³/mol. The number of thiophene rings is 1. The first-order valence-electron chi connectivity index (χ1n) is 8.90. The topological polar surface area (TPSA) is 77.8 Å². The SMILES string of the molecule is COc1ccc2c(c1)CCc1cc(C(=O)OCC(=O)NCc3ccco3)sc1-2. The van der Waals surface area contributed by atoms with Crippen molar-refractivity contribution in [2.45, 2.75) is 19.4 Å². The second kappa shape index (κ2) is 7.90. The fourth-order valence-corrected chi connectivity index (χ4v) is 4.35. The van der Waals surface area contributed by atoms with Crippen LogP contribution in [-0.2, 0) is 28.9 Å². The van der Waals surface area contributed by atoms with E-state index in [9.17, 15) is 9.59 Å². The van der Waals surface area contributed by atoms with Crippen LogP contribution in [0.2, 0.25) is 0 Å². The average Bonchev–Trinajstić information content (AvgIpc) is 3.39. The van der Waals surface area contributed by atoms with Crippen molar-refractivity contribution in [2.75, 3.05) is 13.7 Å². The number of nitrogens with one attached hydrogen (secondary N) is 1. The zero-order valence-electron chi connectivity index (χ0n) is 15.3. The lowest BCUT2D eigenvalue weighted by molar-refractivity contribution is -0.124. The van der Waals surface area contributed by atoms with Gasteiger partial charge in [0.15, 0.2) is 6.61 Å². The third-order valence-corrected chi connectivity index (χ3v) is 5.80. The number of rotatable bonds is 6. The van der Waals surface area contributed by atoms with Crippen LogP contribution in [0.3, 0.4) is 0 Å². The number of esters is 1. The Morgan fingerprint density at radius 3 is 2.82 bits per heavy atom. The van der Waals surface area contributed by atoms with Gasteiger partial charge in [-0.15, -0.1) is 11.3 Å². The molecule has 7 heteroatoms. The molecular formula is C21H19NO5S. The van der Waals surface area contributed by atoms with E-state index in [1.807, 2.05) is 24.3 Å². The molecule has 0 saturated carbocycles. The van der Waals surface area contributed by atoms with Crippen LogP contribution in [0.4, 0.5) is 0 Å². The molecule has 2 aromatic heterocycles. The summed E-state index contributed by atoms with van der Waals surface area (Å²) >= 11 is 1.40. The molecule has 0 saturated heterocycles. The van der Waals surface area contributed by atoms with Crippen LogP contribution in [0.25, 0.3) is 10.4 Å². The van der Waals surface area contributed by atoms with Gasteiger partial charge in [0.25, 0.3) is 5.91 Å². The van der Waals surface area contributed by atoms with Crippen molar-refractivity contribution in [1.82, 2.24) is 5.32 Å². The molecule has 144 valence electrons. The van der Waals surface area contributed by atoms with E-state index in [-0.39, 0.29) is 19.1 Å². The predicted octanol–water partition coefficient (Wildman–Crippen LogP) is 3.59. The van der Waals surface area contributed by atoms with Gasteiger partial charge in [-0.05, 0) is 65.9 Å². The summed E-state index contributed by atoms with van der Waals surface area (Å²) in [6.45, 7) is -0.0627. The number of hydrogen-bond donors (Lipinski definition) is 1. The Balaban J connectivity index is 1.39. The maximum atomic E-state index is 12.4. The standard InChI is InChI=1S/C21H19NO5S/c1-25-15-6-7-17-13(9-15)4-5-14-10-18(28-20(14)17)21(24)27-12-19(23)22-11-16-3-2-8-26-16/h2-3,6-10H,4-5,11-12H2,1H3,(H,22,23). The highest BCUT2D eigenvalue weighted by molar-refractivity contribution is 7.17. The fourth-order valence-electron chi connectivity index (χ4n) is 3.19. The molecule has 1 aromatic carbocycles. The van der Waals surface area contributed by atoms with E-state index < -0.39 is 5.97 Å². The lowest BCUT2D eigenvalue weighted by atomic mass is 9.91. The Labute approximate surface area is 166 Å². The number of methoxy groups -OCH3 is 1. The zero-order chi connectivity index (χ0) is 19.5. The summed E-state index contributed by atoms with van der Waals surface area (Å²) in [5.74, 6) is 0.617. The number of furan rings is 1. The van der Waals surface area contributed by atoms with Crippen molar-refractivity contribution in [1.29, 1.82) is 0 Å². The molecule has 0 radical (unpaired) electrons. The Morgan fingerprint density at radius 1 is 1.18 bits per heavy atom. The van der Waals surface area contributed by atoms with E-state index >= 15 is 0 Å². The first kappa shape index (κ1) is 18.3. The summed E-state index contributed by atoms with van der Waals surface area (Å²) < 4.78 is 15.6. The molecule has 28 heavy (non-hydrogen) atoms. The molecule has 0 atom stereocenters. The van der Waals surface area contributed by atoms with E-state index in [1.54, 1.807) is 19.2 Å². The van der Waals surface area contributed by atoms with Gasteiger partial charge in [0, 0.05) is 4.88 Å². The van der Waals surface area contributed by atoms with Gasteiger partial charge in [0.2, 0.25) is 0 Å². The van der Waals surface area contributed by atoms with Crippen molar-refractivity contribution in [3.05, 3.63) is 64.4 Å². The van der Waals surface area contributed by atoms with E-state index in [0.29, 0.717) is 10.6 Å². The Morgan fingerprint density at radius 2 is 2.04 bits per heavy atom. The molecule has 1 N–H and O–H groups in total. The summed E-state index contributed by atoms with van der Waals surface area (Å²) in [5.41, 5.74) is 3.48. The second-order valence-electron chi connectivity index (χ2n) is 6.42. The van der Waals surface area contributed by atoms with Crippen molar-refractivity contribution >= 4 is 23.2 Å². The van der Waals surface area contributed by atoms with E-state index in [1.165, 1.54) is 23.2 Å². The maximum Gasteiger partial charge on any atom is 0.348 e. The number of benzene rings is 1. The molecule has 0 bridgehead atoms. The highest BCUT2D eigenvalue weighted by Gasteiger charge is 2.23. The monoisotopic (exact) mass is 397 g/mol. The highest BCUT2D eigenvalue weighted by atomic mass is 32.1. The molecule has 0 spiro atoms. The smallest absolute Gasteiger partial charge is 0.348 e. The van der Waals surface area contributed by atoms with Crippen LogP contribution in [0.1, 0.15) is 26.6 Å². The van der Waals surface area contributed by atoms with Crippen LogP contribution in [0, 0.1) is 0 Å². The summed E-state index contributed by atoms with van der Waals surface area (Å²) in [5, 5.41) is 2.65. The van der Waals surface area contributed by atoms with Crippen LogP contribution in [0.5, 0.6) is 5.75 Å². The van der Waals surface area contributed by atoms with E-state index in [0.717, 1.165) is 34.6 Å².